The molecular formula is C82H160O17P2. The van der Waals surface area contributed by atoms with Crippen molar-refractivity contribution in [1.29, 1.82) is 0 Å². The second-order valence-electron chi connectivity index (χ2n) is 29.5. The van der Waals surface area contributed by atoms with Crippen molar-refractivity contribution in [1.82, 2.24) is 0 Å². The largest absolute Gasteiger partial charge is 0.472 e. The molecule has 0 aromatic heterocycles. The minimum absolute atomic E-state index is 0.109. The minimum Gasteiger partial charge on any atom is -0.462 e. The summed E-state index contributed by atoms with van der Waals surface area (Å²) in [7, 11) is -9.91. The number of phosphoric ester groups is 2. The van der Waals surface area contributed by atoms with Gasteiger partial charge in [-0.05, 0) is 25.7 Å². The van der Waals surface area contributed by atoms with Crippen molar-refractivity contribution >= 4 is 39.5 Å². The Balaban J connectivity index is 5.15. The monoisotopic (exact) mass is 1480 g/mol. The molecule has 0 saturated heterocycles. The summed E-state index contributed by atoms with van der Waals surface area (Å²) in [5.74, 6) is -2.11. The van der Waals surface area contributed by atoms with Crippen LogP contribution < -0.4 is 0 Å². The smallest absolute Gasteiger partial charge is 0.462 e. The van der Waals surface area contributed by atoms with Crippen molar-refractivity contribution in [3.8, 4) is 0 Å². The fourth-order valence-electron chi connectivity index (χ4n) is 12.8. The van der Waals surface area contributed by atoms with Crippen molar-refractivity contribution in [2.45, 2.75) is 463 Å². The van der Waals surface area contributed by atoms with Crippen LogP contribution in [0.1, 0.15) is 445 Å². The number of aliphatic hydroxyl groups is 1. The Hall–Kier alpha value is -1.94. The van der Waals surface area contributed by atoms with Crippen molar-refractivity contribution < 1.29 is 80.2 Å². The highest BCUT2D eigenvalue weighted by molar-refractivity contribution is 7.47. The molecule has 0 bridgehead atoms. The van der Waals surface area contributed by atoms with E-state index in [0.717, 1.165) is 103 Å². The van der Waals surface area contributed by atoms with Gasteiger partial charge in [-0.3, -0.25) is 37.3 Å². The number of rotatable bonds is 83. The number of aliphatic hydroxyl groups excluding tert-OH is 1. The lowest BCUT2D eigenvalue weighted by atomic mass is 10.0. The van der Waals surface area contributed by atoms with Gasteiger partial charge in [0.2, 0.25) is 0 Å². The fourth-order valence-corrected chi connectivity index (χ4v) is 14.4. The van der Waals surface area contributed by atoms with E-state index in [0.29, 0.717) is 25.7 Å². The third-order valence-corrected chi connectivity index (χ3v) is 21.3. The lowest BCUT2D eigenvalue weighted by Gasteiger charge is -2.21. The normalized spacial score (nSPS) is 13.8. The zero-order valence-corrected chi connectivity index (χ0v) is 67.7. The lowest BCUT2D eigenvalue weighted by Crippen LogP contribution is -2.30. The van der Waals surface area contributed by atoms with Gasteiger partial charge in [-0.2, -0.15) is 0 Å². The summed E-state index contributed by atoms with van der Waals surface area (Å²) in [4.78, 5) is 72.9. The molecule has 5 atom stereocenters. The number of hydrogen-bond donors (Lipinski definition) is 3. The molecule has 0 fully saturated rings. The number of carbonyl (C=O) groups excluding carboxylic acids is 4. The molecule has 101 heavy (non-hydrogen) atoms. The van der Waals surface area contributed by atoms with Crippen LogP contribution in [0.3, 0.4) is 0 Å². The van der Waals surface area contributed by atoms with E-state index < -0.39 is 97.5 Å². The minimum atomic E-state index is -4.96. The molecule has 0 aromatic carbocycles. The van der Waals surface area contributed by atoms with Crippen LogP contribution in [0.25, 0.3) is 0 Å². The van der Waals surface area contributed by atoms with Crippen LogP contribution in [0.5, 0.6) is 0 Å². The van der Waals surface area contributed by atoms with Gasteiger partial charge in [0.05, 0.1) is 26.4 Å². The molecule has 19 heteroatoms. The van der Waals surface area contributed by atoms with E-state index in [1.54, 1.807) is 0 Å². The van der Waals surface area contributed by atoms with Gasteiger partial charge in [0.1, 0.15) is 19.3 Å². The molecule has 0 spiro atoms. The van der Waals surface area contributed by atoms with Crippen LogP contribution in [0.4, 0.5) is 0 Å². The van der Waals surface area contributed by atoms with Gasteiger partial charge < -0.3 is 33.8 Å². The predicted molar refractivity (Wildman–Crippen MR) is 414 cm³/mol. The van der Waals surface area contributed by atoms with Crippen molar-refractivity contribution in [3.63, 3.8) is 0 Å². The third kappa shape index (κ3) is 76.1. The summed E-state index contributed by atoms with van der Waals surface area (Å²) in [5, 5.41) is 10.6. The Morgan fingerprint density at radius 1 is 0.238 bits per heavy atom. The van der Waals surface area contributed by atoms with E-state index in [1.165, 1.54) is 263 Å². The van der Waals surface area contributed by atoms with E-state index >= 15 is 0 Å². The number of ether oxygens (including phenoxy) is 4. The molecule has 0 aliphatic carbocycles. The number of hydrogen-bond acceptors (Lipinski definition) is 15. The third-order valence-electron chi connectivity index (χ3n) is 19.4. The van der Waals surface area contributed by atoms with Crippen LogP contribution in [-0.2, 0) is 65.4 Å². The topological polar surface area (TPSA) is 237 Å². The van der Waals surface area contributed by atoms with E-state index in [2.05, 4.69) is 27.7 Å². The predicted octanol–water partition coefficient (Wildman–Crippen LogP) is 25.0. The Bertz CT molecular complexity index is 1910. The molecule has 0 amide bonds. The molecule has 0 aliphatic rings. The molecule has 0 aliphatic heterocycles. The van der Waals surface area contributed by atoms with Gasteiger partial charge in [0, 0.05) is 25.7 Å². The molecule has 2 unspecified atom stereocenters. The van der Waals surface area contributed by atoms with Gasteiger partial charge in [-0.1, -0.05) is 394 Å². The van der Waals surface area contributed by atoms with Crippen LogP contribution >= 0.6 is 15.6 Å². The molecule has 3 N–H and O–H groups in total. The maximum Gasteiger partial charge on any atom is 0.472 e. The highest BCUT2D eigenvalue weighted by atomic mass is 31.2. The highest BCUT2D eigenvalue weighted by Crippen LogP contribution is 2.45. The van der Waals surface area contributed by atoms with Gasteiger partial charge in [-0.15, -0.1) is 0 Å². The van der Waals surface area contributed by atoms with Crippen LogP contribution in [-0.4, -0.2) is 96.7 Å². The van der Waals surface area contributed by atoms with E-state index in [-0.39, 0.29) is 25.7 Å². The summed E-state index contributed by atoms with van der Waals surface area (Å²) in [6.45, 7) is 4.99. The molecule has 0 radical (unpaired) electrons. The second-order valence-corrected chi connectivity index (χ2v) is 32.4. The second kappa shape index (κ2) is 76.3. The Morgan fingerprint density at radius 3 is 0.584 bits per heavy atom. The summed E-state index contributed by atoms with van der Waals surface area (Å²) in [6, 6.07) is 0. The van der Waals surface area contributed by atoms with Gasteiger partial charge in [-0.25, -0.2) is 9.13 Å². The molecule has 0 aromatic rings. The molecular weight excluding hydrogens is 1320 g/mol. The molecule has 17 nitrogen and oxygen atoms in total. The zero-order chi connectivity index (χ0) is 73.9. The number of phosphoric acid groups is 2. The average molecular weight is 1480 g/mol. The van der Waals surface area contributed by atoms with Crippen molar-refractivity contribution in [2.75, 3.05) is 39.6 Å². The zero-order valence-electron chi connectivity index (χ0n) is 65.9. The number of carbonyl (C=O) groups is 4. The molecule has 0 saturated carbocycles. The fraction of sp³-hybridized carbons (Fsp3) is 0.951. The molecule has 0 rings (SSSR count). The van der Waals surface area contributed by atoms with Crippen molar-refractivity contribution in [3.05, 3.63) is 0 Å². The first kappa shape index (κ1) is 99.1. The van der Waals surface area contributed by atoms with E-state index in [1.807, 2.05) is 0 Å². The quantitative estimate of drug-likeness (QED) is 0.0222. The SMILES string of the molecule is CCCCCCCCCCCCCCCCCCCCCCCCC(=O)O[C@H](COC(=O)CCCCCCCCCCCCCCCCCC)COP(=O)(O)OC[C@@H](O)COP(=O)(O)OC[C@@H](COC(=O)CCCCCCCCC)OC(=O)CCCCCCCCCCCCCCCCCC. The molecule has 0 heterocycles. The van der Waals surface area contributed by atoms with Crippen LogP contribution in [0, 0.1) is 0 Å². The van der Waals surface area contributed by atoms with Gasteiger partial charge >= 0.3 is 39.5 Å². The summed E-state index contributed by atoms with van der Waals surface area (Å²) >= 11 is 0. The maximum absolute atomic E-state index is 13.1. The van der Waals surface area contributed by atoms with Crippen molar-refractivity contribution in [2.24, 2.45) is 0 Å². The Labute approximate surface area is 619 Å². The average Bonchev–Trinajstić information content (AvgIpc) is 0.993. The van der Waals surface area contributed by atoms with Gasteiger partial charge in [0.15, 0.2) is 12.2 Å². The first-order chi connectivity index (χ1) is 49.2. The first-order valence-electron chi connectivity index (χ1n) is 42.8. The van der Waals surface area contributed by atoms with E-state index in [9.17, 15) is 43.2 Å². The number of unbranched alkanes of at least 4 members (excludes halogenated alkanes) is 57. The first-order valence-corrected chi connectivity index (χ1v) is 45.8. The summed E-state index contributed by atoms with van der Waals surface area (Å²) in [6.07, 6.45) is 69.6. The summed E-state index contributed by atoms with van der Waals surface area (Å²) < 4.78 is 68.6. The lowest BCUT2D eigenvalue weighted by molar-refractivity contribution is -0.161. The molecule has 600 valence electrons. The van der Waals surface area contributed by atoms with Crippen LogP contribution in [0.15, 0.2) is 0 Å². The van der Waals surface area contributed by atoms with Crippen LogP contribution in [0.2, 0.25) is 0 Å². The summed E-state index contributed by atoms with van der Waals surface area (Å²) in [5.41, 5.74) is 0. The highest BCUT2D eigenvalue weighted by Gasteiger charge is 2.30. The maximum atomic E-state index is 13.1. The van der Waals surface area contributed by atoms with Gasteiger partial charge in [0.25, 0.3) is 0 Å². The Kier molecular flexibility index (Phi) is 74.8. The number of esters is 4. The Morgan fingerprint density at radius 2 is 0.396 bits per heavy atom. The standard InChI is InChI=1S/C82H160O17P2/c1-5-9-13-17-21-24-27-30-33-36-37-38-39-40-41-44-47-50-53-57-61-65-69-82(87)99-78(73-93-80(85)67-63-59-55-51-48-45-42-34-31-28-25-22-18-14-10-6-2)75-97-101(90,91)95-71-76(83)70-94-100(88,89)96-74-77(72-92-79(84)66-62-58-54-20-16-12-8-4)98-81(86)68-64-60-56-52-49-46-43-35-32-29-26-23-19-15-11-7-3/h76-78,83H,5-75H2,1-4H3,(H,88,89)(H,90,91)/t76-,77+,78+/m0/s1. The van der Waals surface area contributed by atoms with E-state index in [4.69, 9.17) is 37.0 Å².